The van der Waals surface area contributed by atoms with Crippen molar-refractivity contribution in [2.24, 2.45) is 7.05 Å². The molecule has 1 unspecified atom stereocenters. The molecule has 0 saturated carbocycles. The summed E-state index contributed by atoms with van der Waals surface area (Å²) in [5.41, 5.74) is 4.49. The Kier molecular flexibility index (Phi) is 6.07. The molecule has 1 atom stereocenters. The van der Waals surface area contributed by atoms with E-state index in [1.54, 1.807) is 0 Å². The first-order valence-electron chi connectivity index (χ1n) is 10.4. The van der Waals surface area contributed by atoms with Crippen molar-refractivity contribution in [1.29, 1.82) is 0 Å². The van der Waals surface area contributed by atoms with Gasteiger partial charge in [0.05, 0.1) is 0 Å². The Bertz CT molecular complexity index is 813. The summed E-state index contributed by atoms with van der Waals surface area (Å²) in [6.07, 6.45) is 3.05. The quantitative estimate of drug-likeness (QED) is 0.776. The molecule has 0 N–H and O–H groups in total. The molecule has 1 aliphatic carbocycles. The minimum Gasteiger partial charge on any atom is -0.336 e. The number of benzene rings is 1. The number of carbonyl (C=O) groups is 1. The van der Waals surface area contributed by atoms with Crippen molar-refractivity contribution in [3.05, 3.63) is 52.8 Å². The van der Waals surface area contributed by atoms with Gasteiger partial charge in [0.2, 0.25) is 0 Å². The number of carbonyl (C=O) groups excluding carboxylic acids is 1. The van der Waals surface area contributed by atoms with Crippen LogP contribution in [-0.2, 0) is 26.4 Å². The minimum atomic E-state index is 0.129. The van der Waals surface area contributed by atoms with Gasteiger partial charge in [-0.1, -0.05) is 37.3 Å². The van der Waals surface area contributed by atoms with Crippen LogP contribution in [0.1, 0.15) is 40.7 Å². The van der Waals surface area contributed by atoms with Crippen LogP contribution in [0, 0.1) is 0 Å². The van der Waals surface area contributed by atoms with Crippen molar-refractivity contribution in [2.75, 3.05) is 31.1 Å². The molecular weight excluding hydrogens is 368 g/mol. The highest BCUT2D eigenvalue weighted by Gasteiger charge is 2.32. The van der Waals surface area contributed by atoms with E-state index < -0.39 is 0 Å². The zero-order valence-corrected chi connectivity index (χ0v) is 17.7. The van der Waals surface area contributed by atoms with Crippen LogP contribution in [0.15, 0.2) is 30.3 Å². The van der Waals surface area contributed by atoms with Crippen LogP contribution in [0.2, 0.25) is 0 Å². The fourth-order valence-corrected chi connectivity index (χ4v) is 5.39. The van der Waals surface area contributed by atoms with Gasteiger partial charge >= 0.3 is 0 Å². The largest absolute Gasteiger partial charge is 0.336 e. The third-order valence-electron chi connectivity index (χ3n) is 6.08. The Labute approximate surface area is 172 Å². The number of hydrogen-bond donors (Lipinski definition) is 0. The first-order valence-corrected chi connectivity index (χ1v) is 11.5. The number of thioether (sulfide) groups is 1. The van der Waals surface area contributed by atoms with E-state index in [0.717, 1.165) is 56.9 Å². The van der Waals surface area contributed by atoms with Gasteiger partial charge < -0.3 is 4.90 Å². The molecule has 1 amide bonds. The highest BCUT2D eigenvalue weighted by atomic mass is 32.2. The molecule has 4 rings (SSSR count). The third-order valence-corrected chi connectivity index (χ3v) is 7.02. The molecule has 0 bridgehead atoms. The zero-order chi connectivity index (χ0) is 19.5. The third kappa shape index (κ3) is 3.98. The van der Waals surface area contributed by atoms with Crippen molar-refractivity contribution in [2.45, 2.75) is 38.8 Å². The van der Waals surface area contributed by atoms with E-state index in [9.17, 15) is 4.79 Å². The van der Waals surface area contributed by atoms with Gasteiger partial charge in [0.15, 0.2) is 5.69 Å². The predicted octanol–water partition coefficient (Wildman–Crippen LogP) is 2.99. The van der Waals surface area contributed by atoms with Gasteiger partial charge in [-0.05, 0) is 31.4 Å². The summed E-state index contributed by atoms with van der Waals surface area (Å²) in [6.45, 7) is 5.89. The molecule has 2 heterocycles. The number of rotatable bonds is 5. The van der Waals surface area contributed by atoms with Crippen LogP contribution in [-0.4, -0.2) is 62.7 Å². The number of nitrogens with zero attached hydrogens (tertiary/aromatic N) is 4. The van der Waals surface area contributed by atoms with E-state index in [-0.39, 0.29) is 5.91 Å². The first kappa shape index (κ1) is 19.5. The molecule has 2 aromatic rings. The summed E-state index contributed by atoms with van der Waals surface area (Å²) in [5.74, 6) is 2.19. The second-order valence-electron chi connectivity index (χ2n) is 7.75. The molecule has 1 aromatic heterocycles. The summed E-state index contributed by atoms with van der Waals surface area (Å²) < 4.78 is 1.95. The van der Waals surface area contributed by atoms with Gasteiger partial charge in [-0.2, -0.15) is 16.9 Å². The molecule has 0 spiro atoms. The fourth-order valence-electron chi connectivity index (χ4n) is 4.49. The van der Waals surface area contributed by atoms with Gasteiger partial charge in [-0.15, -0.1) is 0 Å². The molecule has 1 fully saturated rings. The van der Waals surface area contributed by atoms with E-state index in [4.69, 9.17) is 0 Å². The molecule has 1 aliphatic heterocycles. The Hall–Kier alpha value is -1.79. The normalized spacial score (nSPS) is 19.7. The first-order chi connectivity index (χ1) is 13.7. The molecule has 6 heteroatoms. The second-order valence-corrected chi connectivity index (χ2v) is 8.97. The van der Waals surface area contributed by atoms with Crippen LogP contribution in [0.25, 0.3) is 0 Å². The van der Waals surface area contributed by atoms with E-state index in [0.29, 0.717) is 11.7 Å². The molecule has 1 saturated heterocycles. The molecule has 28 heavy (non-hydrogen) atoms. The van der Waals surface area contributed by atoms with Crippen molar-refractivity contribution >= 4 is 17.7 Å². The zero-order valence-electron chi connectivity index (χ0n) is 16.9. The van der Waals surface area contributed by atoms with Crippen LogP contribution in [0.5, 0.6) is 0 Å². The number of aromatic nitrogens is 2. The van der Waals surface area contributed by atoms with Crippen LogP contribution < -0.4 is 0 Å². The predicted molar refractivity (Wildman–Crippen MR) is 115 cm³/mol. The summed E-state index contributed by atoms with van der Waals surface area (Å²) in [5, 5.41) is 4.67. The van der Waals surface area contributed by atoms with Crippen molar-refractivity contribution in [3.63, 3.8) is 0 Å². The smallest absolute Gasteiger partial charge is 0.274 e. The van der Waals surface area contributed by atoms with Crippen LogP contribution in [0.4, 0.5) is 0 Å². The van der Waals surface area contributed by atoms with Gasteiger partial charge in [0.1, 0.15) is 0 Å². The summed E-state index contributed by atoms with van der Waals surface area (Å²) >= 11 is 1.93. The van der Waals surface area contributed by atoms with Gasteiger partial charge in [0, 0.05) is 55.5 Å². The average Bonchev–Trinajstić information content (AvgIpc) is 3.08. The topological polar surface area (TPSA) is 41.4 Å². The van der Waals surface area contributed by atoms with Crippen molar-refractivity contribution in [1.82, 2.24) is 19.6 Å². The standard InChI is InChI=1S/C22H30N4OS/c1-3-25(16-17-7-5-4-6-8-17)18-9-10-20-19(15-18)21(23-24(20)2)22(27)26-11-13-28-14-12-26/h4-8,18H,3,9-16H2,1-2H3. The molecular formula is C22H30N4OS. The highest BCUT2D eigenvalue weighted by molar-refractivity contribution is 7.99. The van der Waals surface area contributed by atoms with Crippen molar-refractivity contribution in [3.8, 4) is 0 Å². The monoisotopic (exact) mass is 398 g/mol. The number of amides is 1. The summed E-state index contributed by atoms with van der Waals surface area (Å²) in [4.78, 5) is 17.7. The van der Waals surface area contributed by atoms with Gasteiger partial charge in [-0.3, -0.25) is 14.4 Å². The number of likely N-dealkylation sites (N-methyl/N-ethyl adjacent to an activating group) is 1. The Balaban J connectivity index is 1.54. The number of fused-ring (bicyclic) bond motifs is 1. The molecule has 150 valence electrons. The average molecular weight is 399 g/mol. The lowest BCUT2D eigenvalue weighted by Crippen LogP contribution is -2.41. The van der Waals surface area contributed by atoms with Crippen molar-refractivity contribution < 1.29 is 4.79 Å². The SMILES string of the molecule is CCN(Cc1ccccc1)C1CCc2c(c(C(=O)N3CCSCC3)nn2C)C1. The Morgan fingerprint density at radius 2 is 2.00 bits per heavy atom. The fraction of sp³-hybridized carbons (Fsp3) is 0.545. The van der Waals surface area contributed by atoms with E-state index >= 15 is 0 Å². The maximum Gasteiger partial charge on any atom is 0.274 e. The molecule has 1 aromatic carbocycles. The lowest BCUT2D eigenvalue weighted by Gasteiger charge is -2.34. The molecule has 2 aliphatic rings. The Morgan fingerprint density at radius 3 is 2.71 bits per heavy atom. The number of aryl methyl sites for hydroxylation is 1. The molecule has 0 radical (unpaired) electrons. The lowest BCUT2D eigenvalue weighted by atomic mass is 9.89. The molecule has 5 nitrogen and oxygen atoms in total. The highest BCUT2D eigenvalue weighted by Crippen LogP contribution is 2.29. The van der Waals surface area contributed by atoms with Crippen LogP contribution >= 0.6 is 11.8 Å². The second kappa shape index (κ2) is 8.70. The Morgan fingerprint density at radius 1 is 1.25 bits per heavy atom. The number of hydrogen-bond acceptors (Lipinski definition) is 4. The summed E-state index contributed by atoms with van der Waals surface area (Å²) in [6, 6.07) is 11.1. The van der Waals surface area contributed by atoms with Crippen LogP contribution in [0.3, 0.4) is 0 Å². The summed E-state index contributed by atoms with van der Waals surface area (Å²) in [7, 11) is 1.99. The van der Waals surface area contributed by atoms with E-state index in [1.165, 1.54) is 16.8 Å². The van der Waals surface area contributed by atoms with E-state index in [2.05, 4.69) is 47.3 Å². The van der Waals surface area contributed by atoms with Gasteiger partial charge in [0.25, 0.3) is 5.91 Å². The minimum absolute atomic E-state index is 0.129. The lowest BCUT2D eigenvalue weighted by molar-refractivity contribution is 0.0763. The maximum atomic E-state index is 13.1. The van der Waals surface area contributed by atoms with Gasteiger partial charge in [-0.25, -0.2) is 0 Å². The maximum absolute atomic E-state index is 13.1. The van der Waals surface area contributed by atoms with E-state index in [1.807, 2.05) is 28.4 Å².